The monoisotopic (exact) mass is 229 g/mol. The van der Waals surface area contributed by atoms with Crippen molar-refractivity contribution in [1.82, 2.24) is 14.2 Å². The van der Waals surface area contributed by atoms with E-state index in [0.717, 1.165) is 0 Å². The highest BCUT2D eigenvalue weighted by molar-refractivity contribution is 7.89. The summed E-state index contributed by atoms with van der Waals surface area (Å²) in [6, 6.07) is 0. The normalized spacial score (nSPS) is 13.1. The smallest absolute Gasteiger partial charge is 0.210 e. The molecule has 0 atom stereocenters. The van der Waals surface area contributed by atoms with Crippen LogP contribution in [0.25, 0.3) is 0 Å². The summed E-state index contributed by atoms with van der Waals surface area (Å²) in [5, 5.41) is 2.82. The van der Waals surface area contributed by atoms with Gasteiger partial charge in [0.25, 0.3) is 15.8 Å². The van der Waals surface area contributed by atoms with Gasteiger partial charge < -0.3 is 0 Å². The van der Waals surface area contributed by atoms with Gasteiger partial charge in [-0.05, 0) is 6.92 Å². The molecule has 0 spiro atoms. The maximum Gasteiger partial charge on any atom is 0.453 e. The Morgan fingerprint density at radius 3 is 2.43 bits per heavy atom. The Morgan fingerprint density at radius 2 is 2.07 bits per heavy atom. The molecule has 9 heteroatoms. The maximum atomic E-state index is 12.0. The minimum atomic E-state index is -4.73. The van der Waals surface area contributed by atoms with Gasteiger partial charge in [-0.25, -0.2) is 13.4 Å². The molecule has 0 amide bonds. The molecule has 0 aliphatic carbocycles. The maximum absolute atomic E-state index is 12.0. The highest BCUT2D eigenvalue weighted by Crippen LogP contribution is 2.25. The Labute approximate surface area is 77.6 Å². The van der Waals surface area contributed by atoms with Crippen LogP contribution >= 0.6 is 0 Å². The van der Waals surface area contributed by atoms with Crippen LogP contribution in [0.3, 0.4) is 0 Å². The zero-order chi connectivity index (χ0) is 11.0. The molecule has 0 radical (unpaired) electrons. The van der Waals surface area contributed by atoms with Crippen molar-refractivity contribution in [2.45, 2.75) is 13.1 Å². The molecule has 0 unspecified atom stereocenters. The van der Waals surface area contributed by atoms with Crippen LogP contribution < -0.4 is 0 Å². The van der Waals surface area contributed by atoms with Gasteiger partial charge in [0.05, 0.1) is 5.75 Å². The number of aromatic nitrogens is 3. The van der Waals surface area contributed by atoms with Gasteiger partial charge in [0.1, 0.15) is 6.33 Å². The van der Waals surface area contributed by atoms with E-state index in [0.29, 0.717) is 6.33 Å². The molecule has 1 aromatic rings. The molecular formula is C5H6F3N3O2S. The summed E-state index contributed by atoms with van der Waals surface area (Å²) < 4.78 is 58.2. The highest BCUT2D eigenvalue weighted by Gasteiger charge is 2.36. The largest absolute Gasteiger partial charge is 0.453 e. The van der Waals surface area contributed by atoms with E-state index in [-0.39, 0.29) is 9.84 Å². The lowest BCUT2D eigenvalue weighted by atomic mass is 10.6. The molecule has 0 aromatic carbocycles. The minimum absolute atomic E-state index is 0.218. The standard InChI is InChI=1S/C5H6F3N3O2S/c1-2-14(12,13)11-3-9-4(10-11)5(6,7)8/h3H,2H2,1H3. The molecule has 5 nitrogen and oxygen atoms in total. The van der Waals surface area contributed by atoms with E-state index in [1.54, 1.807) is 0 Å². The summed E-state index contributed by atoms with van der Waals surface area (Å²) in [5.41, 5.74) is 0. The Balaban J connectivity index is 3.13. The highest BCUT2D eigenvalue weighted by atomic mass is 32.2. The van der Waals surface area contributed by atoms with E-state index in [2.05, 4.69) is 10.1 Å². The van der Waals surface area contributed by atoms with Crippen LogP contribution in [0, 0.1) is 0 Å². The molecule has 1 heterocycles. The lowest BCUT2D eigenvalue weighted by Crippen LogP contribution is -2.17. The predicted molar refractivity (Wildman–Crippen MR) is 39.9 cm³/mol. The third kappa shape index (κ3) is 2.03. The molecule has 0 aliphatic heterocycles. The number of alkyl halides is 3. The van der Waals surface area contributed by atoms with Crippen LogP contribution in [0.2, 0.25) is 0 Å². The lowest BCUT2D eigenvalue weighted by molar-refractivity contribution is -0.144. The summed E-state index contributed by atoms with van der Waals surface area (Å²) in [4.78, 5) is 2.85. The molecule has 0 fully saturated rings. The molecule has 1 aromatic heterocycles. The topological polar surface area (TPSA) is 64.8 Å². The molecule has 0 saturated carbocycles. The van der Waals surface area contributed by atoms with Crippen molar-refractivity contribution in [3.63, 3.8) is 0 Å². The summed E-state index contributed by atoms with van der Waals surface area (Å²) in [6.45, 7) is 1.30. The van der Waals surface area contributed by atoms with E-state index in [4.69, 9.17) is 0 Å². The van der Waals surface area contributed by atoms with Crippen LogP contribution in [-0.2, 0) is 16.2 Å². The Morgan fingerprint density at radius 1 is 1.50 bits per heavy atom. The number of nitrogens with zero attached hydrogens (tertiary/aromatic N) is 3. The number of hydrogen-bond acceptors (Lipinski definition) is 4. The van der Waals surface area contributed by atoms with Gasteiger partial charge in [-0.15, -0.1) is 9.19 Å². The van der Waals surface area contributed by atoms with Crippen molar-refractivity contribution in [1.29, 1.82) is 0 Å². The van der Waals surface area contributed by atoms with Crippen LogP contribution in [-0.4, -0.2) is 28.3 Å². The fourth-order valence-corrected chi connectivity index (χ4v) is 1.30. The van der Waals surface area contributed by atoms with Crippen molar-refractivity contribution in [3.8, 4) is 0 Å². The molecule has 0 saturated heterocycles. The van der Waals surface area contributed by atoms with Crippen molar-refractivity contribution in [3.05, 3.63) is 12.2 Å². The SMILES string of the molecule is CCS(=O)(=O)n1cnc(C(F)(F)F)n1. The average Bonchev–Trinajstić information content (AvgIpc) is 2.51. The number of hydrogen-bond donors (Lipinski definition) is 0. The molecule has 1 rings (SSSR count). The third-order valence-corrected chi connectivity index (χ3v) is 2.85. The van der Waals surface area contributed by atoms with Gasteiger partial charge in [0.15, 0.2) is 0 Å². The van der Waals surface area contributed by atoms with E-state index in [1.807, 2.05) is 0 Å². The molecular weight excluding hydrogens is 223 g/mol. The first-order valence-electron chi connectivity index (χ1n) is 3.49. The summed E-state index contributed by atoms with van der Waals surface area (Å²) in [6.07, 6.45) is -4.20. The number of halogens is 3. The third-order valence-electron chi connectivity index (χ3n) is 1.38. The number of rotatable bonds is 2. The first kappa shape index (κ1) is 11.0. The first-order chi connectivity index (χ1) is 6.27. The van der Waals surface area contributed by atoms with E-state index >= 15 is 0 Å². The Kier molecular flexibility index (Phi) is 2.52. The molecule has 80 valence electrons. The van der Waals surface area contributed by atoms with Crippen molar-refractivity contribution in [2.75, 3.05) is 5.75 Å². The van der Waals surface area contributed by atoms with Crippen molar-refractivity contribution < 1.29 is 21.6 Å². The summed E-state index contributed by atoms with van der Waals surface area (Å²) in [7, 11) is -3.79. The van der Waals surface area contributed by atoms with Crippen LogP contribution in [0.4, 0.5) is 13.2 Å². The first-order valence-corrected chi connectivity index (χ1v) is 5.10. The van der Waals surface area contributed by atoms with E-state index < -0.39 is 22.0 Å². The van der Waals surface area contributed by atoms with E-state index in [9.17, 15) is 21.6 Å². The fraction of sp³-hybridized carbons (Fsp3) is 0.600. The second-order valence-corrected chi connectivity index (χ2v) is 4.45. The Bertz CT molecular complexity index is 422. The molecule has 14 heavy (non-hydrogen) atoms. The average molecular weight is 229 g/mol. The van der Waals surface area contributed by atoms with Gasteiger partial charge in [-0.3, -0.25) is 0 Å². The van der Waals surface area contributed by atoms with Gasteiger partial charge in [0.2, 0.25) is 0 Å². The summed E-state index contributed by atoms with van der Waals surface area (Å²) in [5.74, 6) is -1.80. The zero-order valence-corrected chi connectivity index (χ0v) is 7.80. The molecule has 0 bridgehead atoms. The fourth-order valence-electron chi connectivity index (χ4n) is 0.645. The van der Waals surface area contributed by atoms with E-state index in [1.165, 1.54) is 6.92 Å². The predicted octanol–water partition coefficient (Wildman–Crippen LogP) is 0.495. The van der Waals surface area contributed by atoms with Crippen LogP contribution in [0.1, 0.15) is 12.7 Å². The molecule has 0 aliphatic rings. The van der Waals surface area contributed by atoms with Gasteiger partial charge >= 0.3 is 6.18 Å². The van der Waals surface area contributed by atoms with Crippen molar-refractivity contribution in [2.24, 2.45) is 0 Å². The zero-order valence-electron chi connectivity index (χ0n) is 6.98. The lowest BCUT2D eigenvalue weighted by Gasteiger charge is -1.99. The quantitative estimate of drug-likeness (QED) is 0.740. The van der Waals surface area contributed by atoms with Gasteiger partial charge in [0, 0.05) is 0 Å². The molecule has 0 N–H and O–H groups in total. The Hall–Kier alpha value is -1.12. The van der Waals surface area contributed by atoms with Crippen LogP contribution in [0.5, 0.6) is 0 Å². The minimum Gasteiger partial charge on any atom is -0.210 e. The van der Waals surface area contributed by atoms with Gasteiger partial charge in [-0.2, -0.15) is 13.2 Å². The van der Waals surface area contributed by atoms with Gasteiger partial charge in [-0.1, -0.05) is 0 Å². The summed E-state index contributed by atoms with van der Waals surface area (Å²) >= 11 is 0. The second-order valence-electron chi connectivity index (χ2n) is 2.34. The second kappa shape index (κ2) is 3.23. The van der Waals surface area contributed by atoms with Crippen LogP contribution in [0.15, 0.2) is 6.33 Å². The van der Waals surface area contributed by atoms with Crippen molar-refractivity contribution >= 4 is 10.0 Å².